The van der Waals surface area contributed by atoms with E-state index in [1.54, 1.807) is 0 Å². The Morgan fingerprint density at radius 1 is 1.09 bits per heavy atom. The van der Waals surface area contributed by atoms with Gasteiger partial charge in [0.15, 0.2) is 0 Å². The summed E-state index contributed by atoms with van der Waals surface area (Å²) in [5.41, 5.74) is -0.0157. The van der Waals surface area contributed by atoms with E-state index < -0.39 is 10.9 Å². The normalized spacial score (nSPS) is 47.0. The van der Waals surface area contributed by atoms with Crippen LogP contribution in [0.15, 0.2) is 0 Å². The van der Waals surface area contributed by atoms with Crippen LogP contribution in [-0.4, -0.2) is 21.6 Å². The lowest BCUT2D eigenvalue weighted by Gasteiger charge is -2.63. The van der Waals surface area contributed by atoms with E-state index >= 15 is 0 Å². The van der Waals surface area contributed by atoms with Crippen LogP contribution in [0.5, 0.6) is 0 Å². The van der Waals surface area contributed by atoms with Gasteiger partial charge in [-0.1, -0.05) is 53.9 Å². The molecule has 0 aliphatic heterocycles. The molecule has 0 heterocycles. The Kier molecular flexibility index (Phi) is 6.53. The van der Waals surface area contributed by atoms with Gasteiger partial charge in [0.2, 0.25) is 6.04 Å². The molecule has 0 unspecified atom stereocenters. The number of nitro groups is 1. The number of nitrogens with zero attached hydrogens (tertiary/aromatic N) is 1. The van der Waals surface area contributed by atoms with Crippen LogP contribution in [-0.2, 0) is 4.79 Å². The fourth-order valence-corrected chi connectivity index (χ4v) is 9.86. The topological polar surface area (TPSA) is 60.2 Å². The molecule has 32 heavy (non-hydrogen) atoms. The molecule has 0 aromatic carbocycles. The molecule has 5 heteroatoms. The average molecular weight is 466 g/mol. The zero-order valence-corrected chi connectivity index (χ0v) is 21.6. The number of halogens is 1. The van der Waals surface area contributed by atoms with Crippen LogP contribution in [0.1, 0.15) is 105 Å². The van der Waals surface area contributed by atoms with Gasteiger partial charge < -0.3 is 0 Å². The van der Waals surface area contributed by atoms with Gasteiger partial charge in [-0.25, -0.2) is 0 Å². The number of rotatable bonds is 6. The molecule has 4 nitrogen and oxygen atoms in total. The molecule has 182 valence electrons. The summed E-state index contributed by atoms with van der Waals surface area (Å²) in [6.07, 6.45) is 10.8. The quantitative estimate of drug-likeness (QED) is 0.235. The zero-order chi connectivity index (χ0) is 23.5. The molecule has 4 aliphatic carbocycles. The van der Waals surface area contributed by atoms with Gasteiger partial charge in [0, 0.05) is 24.2 Å². The van der Waals surface area contributed by atoms with Crippen molar-refractivity contribution in [2.45, 2.75) is 116 Å². The second-order valence-electron chi connectivity index (χ2n) is 12.9. The fourth-order valence-electron chi connectivity index (χ4n) is 9.31. The predicted octanol–water partition coefficient (Wildman–Crippen LogP) is 7.29. The minimum Gasteiger partial charge on any atom is -0.300 e. The van der Waals surface area contributed by atoms with E-state index in [2.05, 4.69) is 34.6 Å². The lowest BCUT2D eigenvalue weighted by molar-refractivity contribution is -0.542. The Labute approximate surface area is 199 Å². The molecule has 0 spiro atoms. The summed E-state index contributed by atoms with van der Waals surface area (Å²) in [7, 11) is 0. The molecule has 4 fully saturated rings. The number of hydrogen-bond acceptors (Lipinski definition) is 3. The summed E-state index contributed by atoms with van der Waals surface area (Å²) >= 11 is 7.17. The summed E-state index contributed by atoms with van der Waals surface area (Å²) in [6.45, 7) is 11.8. The third-order valence-corrected chi connectivity index (χ3v) is 11.9. The number of carbonyl (C=O) groups is 1. The highest BCUT2D eigenvalue weighted by atomic mass is 35.5. The summed E-state index contributed by atoms with van der Waals surface area (Å²) in [5, 5.41) is 12.3. The molecule has 4 aliphatic rings. The Morgan fingerprint density at radius 3 is 2.47 bits per heavy atom. The summed E-state index contributed by atoms with van der Waals surface area (Å²) in [5.74, 6) is 3.70. The summed E-state index contributed by atoms with van der Waals surface area (Å²) in [4.78, 5) is 23.5. The van der Waals surface area contributed by atoms with E-state index in [0.29, 0.717) is 36.0 Å². The highest BCUT2D eigenvalue weighted by Crippen LogP contribution is 2.70. The van der Waals surface area contributed by atoms with Gasteiger partial charge >= 0.3 is 0 Å². The van der Waals surface area contributed by atoms with Crippen molar-refractivity contribution in [1.82, 2.24) is 0 Å². The van der Waals surface area contributed by atoms with Crippen LogP contribution in [0.2, 0.25) is 0 Å². The Bertz CT molecular complexity index is 755. The largest absolute Gasteiger partial charge is 0.300 e. The first-order valence-electron chi connectivity index (χ1n) is 13.3. The van der Waals surface area contributed by atoms with Crippen molar-refractivity contribution in [3.8, 4) is 0 Å². The molecule has 0 saturated heterocycles. The maximum atomic E-state index is 12.4. The number of hydrogen-bond donors (Lipinski definition) is 0. The van der Waals surface area contributed by atoms with E-state index in [1.807, 2.05) is 0 Å². The number of ketones is 1. The monoisotopic (exact) mass is 465 g/mol. The Balaban J connectivity index is 1.59. The Morgan fingerprint density at radius 2 is 1.81 bits per heavy atom. The van der Waals surface area contributed by atoms with Crippen LogP contribution in [0.25, 0.3) is 0 Å². The molecule has 0 radical (unpaired) electrons. The zero-order valence-electron chi connectivity index (χ0n) is 20.9. The molecule has 9 atom stereocenters. The minimum atomic E-state index is -1.01. The van der Waals surface area contributed by atoms with Crippen molar-refractivity contribution >= 4 is 17.4 Å². The van der Waals surface area contributed by atoms with Crippen molar-refractivity contribution in [3.63, 3.8) is 0 Å². The van der Waals surface area contributed by atoms with E-state index in [-0.39, 0.29) is 22.5 Å². The van der Waals surface area contributed by atoms with E-state index in [0.717, 1.165) is 30.6 Å². The van der Waals surface area contributed by atoms with E-state index in [4.69, 9.17) is 11.6 Å². The van der Waals surface area contributed by atoms with Gasteiger partial charge in [0.1, 0.15) is 10.7 Å². The molecule has 4 rings (SSSR count). The van der Waals surface area contributed by atoms with Crippen molar-refractivity contribution < 1.29 is 9.72 Å². The van der Waals surface area contributed by atoms with Crippen LogP contribution in [0.4, 0.5) is 0 Å². The first kappa shape index (κ1) is 24.5. The first-order valence-corrected chi connectivity index (χ1v) is 13.7. The van der Waals surface area contributed by atoms with E-state index in [1.165, 1.54) is 38.5 Å². The van der Waals surface area contributed by atoms with E-state index in [9.17, 15) is 14.9 Å². The standard InChI is InChI=1S/C27H44ClNO3/c1-17(2)7-6-8-18(3)21-9-10-22-20-15-24(29(31)32)27(28)16-19(30)11-14-26(27,5)23(20)12-13-25(21,22)4/h17-18,20-24H,6-16H2,1-5H3/t18-,20+,21+,22-,23-,24+,25-,26-,27+/m1/s1. The lowest BCUT2D eigenvalue weighted by atomic mass is 9.43. The van der Waals surface area contributed by atoms with Crippen molar-refractivity contribution in [3.05, 3.63) is 10.1 Å². The van der Waals surface area contributed by atoms with Crippen LogP contribution >= 0.6 is 11.6 Å². The van der Waals surface area contributed by atoms with Gasteiger partial charge in [0.25, 0.3) is 0 Å². The second-order valence-corrected chi connectivity index (χ2v) is 13.6. The Hall–Kier alpha value is -0.640. The van der Waals surface area contributed by atoms with Gasteiger partial charge in [-0.2, -0.15) is 0 Å². The van der Waals surface area contributed by atoms with Crippen LogP contribution in [0.3, 0.4) is 0 Å². The summed E-state index contributed by atoms with van der Waals surface area (Å²) in [6, 6.07) is -0.801. The molecular weight excluding hydrogens is 422 g/mol. The highest BCUT2D eigenvalue weighted by Gasteiger charge is 2.70. The molecular formula is C27H44ClNO3. The minimum absolute atomic E-state index is 0.111. The maximum absolute atomic E-state index is 12.4. The number of Topliss-reactive ketones (excluding diaryl/α,β-unsaturated/α-hetero) is 1. The maximum Gasteiger partial charge on any atom is 0.233 e. The fraction of sp³-hybridized carbons (Fsp3) is 0.963. The molecule has 0 aromatic rings. The van der Waals surface area contributed by atoms with Gasteiger partial charge in [-0.3, -0.25) is 14.9 Å². The lowest BCUT2D eigenvalue weighted by Crippen LogP contribution is -2.67. The number of alkyl halides is 1. The highest BCUT2D eigenvalue weighted by molar-refractivity contribution is 6.26. The SMILES string of the molecule is CC(C)CCC[C@@H](C)[C@@H]1CC[C@@H]2[C@@H]3C[C@H]([N+](=O)[O-])[C@@]4(Cl)CC(=O)CC[C@]4(C)[C@@H]3CC[C@@]21C. The van der Waals surface area contributed by atoms with Crippen LogP contribution in [0, 0.1) is 56.5 Å². The number of fused-ring (bicyclic) bond motifs is 5. The van der Waals surface area contributed by atoms with Crippen molar-refractivity contribution in [1.29, 1.82) is 0 Å². The first-order chi connectivity index (χ1) is 14.9. The predicted molar refractivity (Wildman–Crippen MR) is 129 cm³/mol. The smallest absolute Gasteiger partial charge is 0.233 e. The summed E-state index contributed by atoms with van der Waals surface area (Å²) < 4.78 is 0. The van der Waals surface area contributed by atoms with Crippen molar-refractivity contribution in [2.24, 2.45) is 46.3 Å². The number of carbonyl (C=O) groups excluding carboxylic acids is 1. The molecule has 0 bridgehead atoms. The second kappa shape index (κ2) is 8.54. The molecule has 0 amide bonds. The van der Waals surface area contributed by atoms with Crippen LogP contribution < -0.4 is 0 Å². The van der Waals surface area contributed by atoms with Gasteiger partial charge in [-0.15, -0.1) is 11.6 Å². The van der Waals surface area contributed by atoms with Crippen molar-refractivity contribution in [2.75, 3.05) is 0 Å². The molecule has 0 aromatic heterocycles. The molecule has 4 saturated carbocycles. The third-order valence-electron chi connectivity index (χ3n) is 11.1. The van der Waals surface area contributed by atoms with Gasteiger partial charge in [0.05, 0.1) is 0 Å². The molecule has 0 N–H and O–H groups in total. The van der Waals surface area contributed by atoms with Gasteiger partial charge in [-0.05, 0) is 78.4 Å². The average Bonchev–Trinajstić information content (AvgIpc) is 3.05. The third kappa shape index (κ3) is 3.66.